The van der Waals surface area contributed by atoms with Crippen molar-refractivity contribution in [2.75, 3.05) is 7.11 Å². The first-order chi connectivity index (χ1) is 10.2. The summed E-state index contributed by atoms with van der Waals surface area (Å²) in [5, 5.41) is -0.515. The molecule has 0 aliphatic carbocycles. The van der Waals surface area contributed by atoms with Gasteiger partial charge >= 0.3 is 0 Å². The molecular formula is C17H15ClO3. The van der Waals surface area contributed by atoms with Gasteiger partial charge in [0, 0.05) is 0 Å². The highest BCUT2D eigenvalue weighted by molar-refractivity contribution is 6.66. The number of carbonyl (C=O) groups is 1. The predicted molar refractivity (Wildman–Crippen MR) is 83.7 cm³/mol. The molecule has 0 N–H and O–H groups in total. The van der Waals surface area contributed by atoms with Gasteiger partial charge in [0.05, 0.1) is 7.11 Å². The van der Waals surface area contributed by atoms with Crippen LogP contribution in [-0.4, -0.2) is 12.4 Å². The van der Waals surface area contributed by atoms with Crippen LogP contribution in [0.4, 0.5) is 0 Å². The maximum atomic E-state index is 10.7. The van der Waals surface area contributed by atoms with E-state index in [2.05, 4.69) is 0 Å². The van der Waals surface area contributed by atoms with Crippen molar-refractivity contribution in [1.29, 1.82) is 0 Å². The number of halogens is 1. The average Bonchev–Trinajstić information content (AvgIpc) is 2.52. The van der Waals surface area contributed by atoms with E-state index in [0.717, 1.165) is 11.1 Å². The number of rotatable bonds is 6. The van der Waals surface area contributed by atoms with Gasteiger partial charge in [-0.2, -0.15) is 0 Å². The highest BCUT2D eigenvalue weighted by atomic mass is 35.5. The second-order valence-electron chi connectivity index (χ2n) is 4.32. The van der Waals surface area contributed by atoms with Gasteiger partial charge in [-0.3, -0.25) is 4.79 Å². The Morgan fingerprint density at radius 2 is 1.90 bits per heavy atom. The summed E-state index contributed by atoms with van der Waals surface area (Å²) in [6, 6.07) is 15.3. The second kappa shape index (κ2) is 7.50. The molecule has 2 rings (SSSR count). The van der Waals surface area contributed by atoms with E-state index in [9.17, 15) is 4.79 Å². The molecule has 0 saturated heterocycles. The lowest BCUT2D eigenvalue weighted by molar-refractivity contribution is -0.107. The third kappa shape index (κ3) is 4.65. The standard InChI is InChI=1S/C17H15ClO3/c1-20-16-11-13(8-10-17(18)19)7-9-15(16)21-12-14-5-3-2-4-6-14/h2-11H,12H2,1H3/b10-8+. The van der Waals surface area contributed by atoms with Crippen LogP contribution in [-0.2, 0) is 11.4 Å². The topological polar surface area (TPSA) is 35.5 Å². The fourth-order valence-corrected chi connectivity index (χ4v) is 1.87. The zero-order valence-corrected chi connectivity index (χ0v) is 12.3. The molecule has 0 spiro atoms. The van der Waals surface area contributed by atoms with Crippen LogP contribution >= 0.6 is 11.6 Å². The molecule has 0 fully saturated rings. The van der Waals surface area contributed by atoms with Gasteiger partial charge in [0.15, 0.2) is 11.5 Å². The molecule has 0 heterocycles. The molecule has 0 aromatic heterocycles. The highest BCUT2D eigenvalue weighted by Gasteiger charge is 2.05. The van der Waals surface area contributed by atoms with Gasteiger partial charge < -0.3 is 9.47 Å². The first-order valence-electron chi connectivity index (χ1n) is 6.41. The fourth-order valence-electron chi connectivity index (χ4n) is 1.80. The van der Waals surface area contributed by atoms with E-state index in [0.29, 0.717) is 18.1 Å². The van der Waals surface area contributed by atoms with Gasteiger partial charge in [0.2, 0.25) is 5.24 Å². The number of hydrogen-bond donors (Lipinski definition) is 0. The molecule has 21 heavy (non-hydrogen) atoms. The molecule has 2 aromatic carbocycles. The summed E-state index contributed by atoms with van der Waals surface area (Å²) in [5.74, 6) is 1.26. The Balaban J connectivity index is 2.11. The van der Waals surface area contributed by atoms with Crippen molar-refractivity contribution >= 4 is 22.9 Å². The minimum atomic E-state index is -0.515. The number of methoxy groups -OCH3 is 1. The molecule has 3 nitrogen and oxygen atoms in total. The van der Waals surface area contributed by atoms with E-state index in [-0.39, 0.29) is 0 Å². The molecule has 0 atom stereocenters. The Morgan fingerprint density at radius 3 is 2.57 bits per heavy atom. The molecule has 0 aliphatic heterocycles. The van der Waals surface area contributed by atoms with E-state index in [1.165, 1.54) is 6.08 Å². The Bertz CT molecular complexity index is 636. The van der Waals surface area contributed by atoms with E-state index < -0.39 is 5.24 Å². The summed E-state index contributed by atoms with van der Waals surface area (Å²) in [6.07, 6.45) is 2.92. The van der Waals surface area contributed by atoms with Gasteiger partial charge in [0.25, 0.3) is 0 Å². The molecule has 0 bridgehead atoms. The number of ether oxygens (including phenoxy) is 2. The minimum absolute atomic E-state index is 0.465. The van der Waals surface area contributed by atoms with Gasteiger partial charge in [-0.15, -0.1) is 0 Å². The van der Waals surface area contributed by atoms with E-state index in [4.69, 9.17) is 21.1 Å². The van der Waals surface area contributed by atoms with Crippen LogP contribution in [0.5, 0.6) is 11.5 Å². The molecule has 0 radical (unpaired) electrons. The highest BCUT2D eigenvalue weighted by Crippen LogP contribution is 2.29. The zero-order chi connectivity index (χ0) is 15.1. The molecule has 108 valence electrons. The lowest BCUT2D eigenvalue weighted by Gasteiger charge is -2.11. The quantitative estimate of drug-likeness (QED) is 0.596. The van der Waals surface area contributed by atoms with Gasteiger partial charge in [-0.1, -0.05) is 42.5 Å². The number of carbonyl (C=O) groups excluding carboxylic acids is 1. The van der Waals surface area contributed by atoms with Crippen LogP contribution in [0, 0.1) is 0 Å². The number of hydrogen-bond acceptors (Lipinski definition) is 3. The molecule has 2 aromatic rings. The summed E-state index contributed by atoms with van der Waals surface area (Å²) in [6.45, 7) is 0.465. The Morgan fingerprint density at radius 1 is 1.14 bits per heavy atom. The number of benzene rings is 2. The van der Waals surface area contributed by atoms with Gasteiger partial charge in [0.1, 0.15) is 6.61 Å². The maximum Gasteiger partial charge on any atom is 0.245 e. The largest absolute Gasteiger partial charge is 0.493 e. The van der Waals surface area contributed by atoms with Crippen LogP contribution in [0.15, 0.2) is 54.6 Å². The lowest BCUT2D eigenvalue weighted by Crippen LogP contribution is -1.97. The molecule has 0 amide bonds. The summed E-state index contributed by atoms with van der Waals surface area (Å²) in [5.41, 5.74) is 1.89. The first-order valence-corrected chi connectivity index (χ1v) is 6.79. The molecular weight excluding hydrogens is 288 g/mol. The van der Waals surface area contributed by atoms with Crippen LogP contribution in [0.2, 0.25) is 0 Å². The fraction of sp³-hybridized carbons (Fsp3) is 0.118. The van der Waals surface area contributed by atoms with Crippen molar-refractivity contribution in [1.82, 2.24) is 0 Å². The summed E-state index contributed by atoms with van der Waals surface area (Å²) >= 11 is 5.27. The summed E-state index contributed by atoms with van der Waals surface area (Å²) in [7, 11) is 1.57. The summed E-state index contributed by atoms with van der Waals surface area (Å²) in [4.78, 5) is 10.7. The van der Waals surface area contributed by atoms with Crippen molar-refractivity contribution in [2.45, 2.75) is 6.61 Å². The minimum Gasteiger partial charge on any atom is -0.493 e. The normalized spacial score (nSPS) is 10.6. The zero-order valence-electron chi connectivity index (χ0n) is 11.6. The van der Waals surface area contributed by atoms with E-state index in [1.54, 1.807) is 25.3 Å². The predicted octanol–water partition coefficient (Wildman–Crippen LogP) is 4.05. The maximum absolute atomic E-state index is 10.7. The Hall–Kier alpha value is -2.26. The van der Waals surface area contributed by atoms with Gasteiger partial charge in [-0.05, 0) is 40.9 Å². The van der Waals surface area contributed by atoms with E-state index in [1.807, 2.05) is 36.4 Å². The third-order valence-electron chi connectivity index (χ3n) is 2.83. The van der Waals surface area contributed by atoms with E-state index >= 15 is 0 Å². The lowest BCUT2D eigenvalue weighted by atomic mass is 10.2. The summed E-state index contributed by atoms with van der Waals surface area (Å²) < 4.78 is 11.1. The Labute approximate surface area is 128 Å². The smallest absolute Gasteiger partial charge is 0.245 e. The van der Waals surface area contributed by atoms with Crippen LogP contribution < -0.4 is 9.47 Å². The van der Waals surface area contributed by atoms with Crippen molar-refractivity contribution < 1.29 is 14.3 Å². The molecule has 0 unspecified atom stereocenters. The third-order valence-corrected chi connectivity index (χ3v) is 2.96. The van der Waals surface area contributed by atoms with Crippen LogP contribution in [0.25, 0.3) is 6.08 Å². The van der Waals surface area contributed by atoms with Gasteiger partial charge in [-0.25, -0.2) is 0 Å². The number of allylic oxidation sites excluding steroid dienone is 1. The van der Waals surface area contributed by atoms with Crippen molar-refractivity contribution in [3.05, 3.63) is 65.7 Å². The van der Waals surface area contributed by atoms with Crippen molar-refractivity contribution in [3.63, 3.8) is 0 Å². The van der Waals surface area contributed by atoms with Crippen LogP contribution in [0.1, 0.15) is 11.1 Å². The van der Waals surface area contributed by atoms with Crippen molar-refractivity contribution in [3.8, 4) is 11.5 Å². The Kier molecular flexibility index (Phi) is 5.41. The van der Waals surface area contributed by atoms with Crippen LogP contribution in [0.3, 0.4) is 0 Å². The monoisotopic (exact) mass is 302 g/mol. The second-order valence-corrected chi connectivity index (χ2v) is 4.69. The molecule has 0 saturated carbocycles. The van der Waals surface area contributed by atoms with Crippen molar-refractivity contribution in [2.24, 2.45) is 0 Å². The SMILES string of the molecule is COc1cc(/C=C/C(=O)Cl)ccc1OCc1ccccc1. The molecule has 4 heteroatoms. The molecule has 0 aliphatic rings. The first kappa shape index (κ1) is 15.1. The average molecular weight is 303 g/mol.